The molecule has 0 fully saturated rings. The summed E-state index contributed by atoms with van der Waals surface area (Å²) in [5.74, 6) is 0.895. The Morgan fingerprint density at radius 1 is 1.05 bits per heavy atom. The summed E-state index contributed by atoms with van der Waals surface area (Å²) in [6, 6.07) is 18.6. The summed E-state index contributed by atoms with van der Waals surface area (Å²) < 4.78 is 5.61. The lowest BCUT2D eigenvalue weighted by Gasteiger charge is -2.05. The second-order valence-electron chi connectivity index (χ2n) is 4.72. The molecule has 0 aliphatic rings. The summed E-state index contributed by atoms with van der Waals surface area (Å²) in [7, 11) is 0. The Labute approximate surface area is 118 Å². The first kappa shape index (κ1) is 12.5. The first-order valence-electron chi connectivity index (χ1n) is 6.79. The third-order valence-electron chi connectivity index (χ3n) is 3.29. The van der Waals surface area contributed by atoms with E-state index in [0.29, 0.717) is 6.61 Å². The summed E-state index contributed by atoms with van der Waals surface area (Å²) >= 11 is 0. The largest absolute Gasteiger partial charge is 0.493 e. The molecule has 20 heavy (non-hydrogen) atoms. The normalized spacial score (nSPS) is 10.6. The molecule has 0 spiro atoms. The van der Waals surface area contributed by atoms with Crippen LogP contribution in [0.5, 0.6) is 5.75 Å². The van der Waals surface area contributed by atoms with Crippen LogP contribution in [-0.4, -0.2) is 11.6 Å². The van der Waals surface area contributed by atoms with E-state index >= 15 is 0 Å². The fourth-order valence-electron chi connectivity index (χ4n) is 2.22. The van der Waals surface area contributed by atoms with E-state index < -0.39 is 0 Å². The lowest BCUT2D eigenvalue weighted by atomic mass is 10.1. The van der Waals surface area contributed by atoms with Crippen LogP contribution in [0.15, 0.2) is 67.3 Å². The molecule has 0 radical (unpaired) electrons. The Hall–Kier alpha value is -2.48. The van der Waals surface area contributed by atoms with Crippen molar-refractivity contribution in [3.8, 4) is 17.0 Å². The van der Waals surface area contributed by atoms with Gasteiger partial charge in [0.15, 0.2) is 0 Å². The third-order valence-corrected chi connectivity index (χ3v) is 3.29. The minimum absolute atomic E-state index is 0.676. The first-order chi connectivity index (χ1) is 9.86. The minimum atomic E-state index is 0.676. The Morgan fingerprint density at radius 3 is 2.60 bits per heavy atom. The highest BCUT2D eigenvalue weighted by Gasteiger charge is 2.03. The van der Waals surface area contributed by atoms with E-state index in [9.17, 15) is 0 Å². The van der Waals surface area contributed by atoms with Crippen molar-refractivity contribution in [3.63, 3.8) is 0 Å². The number of para-hydroxylation sites is 1. The number of nitrogens with one attached hydrogen (secondary N) is 1. The number of aromatic amines is 1. The Balaban J connectivity index is 1.81. The summed E-state index contributed by atoms with van der Waals surface area (Å²) in [6.45, 7) is 4.36. The average molecular weight is 263 g/mol. The van der Waals surface area contributed by atoms with Crippen LogP contribution in [-0.2, 0) is 0 Å². The van der Waals surface area contributed by atoms with Crippen molar-refractivity contribution in [2.24, 2.45) is 0 Å². The van der Waals surface area contributed by atoms with Crippen LogP contribution in [0.2, 0.25) is 0 Å². The smallest absolute Gasteiger partial charge is 0.119 e. The minimum Gasteiger partial charge on any atom is -0.493 e. The lowest BCUT2D eigenvalue weighted by molar-refractivity contribution is 0.325. The predicted molar refractivity (Wildman–Crippen MR) is 84.0 cm³/mol. The molecule has 2 heteroatoms. The highest BCUT2D eigenvalue weighted by molar-refractivity contribution is 5.85. The van der Waals surface area contributed by atoms with E-state index in [1.54, 1.807) is 0 Å². The van der Waals surface area contributed by atoms with Gasteiger partial charge in [0.2, 0.25) is 0 Å². The number of rotatable bonds is 5. The van der Waals surface area contributed by atoms with Crippen LogP contribution in [0.1, 0.15) is 6.42 Å². The molecule has 1 N–H and O–H groups in total. The number of hydrogen-bond acceptors (Lipinski definition) is 1. The molecular weight excluding hydrogens is 246 g/mol. The number of fused-ring (bicyclic) bond motifs is 1. The second kappa shape index (κ2) is 5.66. The van der Waals surface area contributed by atoms with Gasteiger partial charge < -0.3 is 9.72 Å². The SMILES string of the molecule is C=CCCOc1ccc(-c2cc3ccccc3[nH]2)cc1. The molecule has 0 aliphatic heterocycles. The van der Waals surface area contributed by atoms with Crippen molar-refractivity contribution >= 4 is 10.9 Å². The van der Waals surface area contributed by atoms with Crippen molar-refractivity contribution in [2.45, 2.75) is 6.42 Å². The van der Waals surface area contributed by atoms with Crippen molar-refractivity contribution in [1.82, 2.24) is 4.98 Å². The molecule has 3 rings (SSSR count). The van der Waals surface area contributed by atoms with Crippen LogP contribution in [0.3, 0.4) is 0 Å². The van der Waals surface area contributed by atoms with Gasteiger partial charge in [-0.2, -0.15) is 0 Å². The number of aromatic nitrogens is 1. The number of ether oxygens (including phenoxy) is 1. The quantitative estimate of drug-likeness (QED) is 0.519. The lowest BCUT2D eigenvalue weighted by Crippen LogP contribution is -1.94. The second-order valence-corrected chi connectivity index (χ2v) is 4.72. The van der Waals surface area contributed by atoms with E-state index in [1.807, 2.05) is 24.3 Å². The fraction of sp³-hybridized carbons (Fsp3) is 0.111. The summed E-state index contributed by atoms with van der Waals surface area (Å²) in [6.07, 6.45) is 2.72. The Kier molecular flexibility index (Phi) is 3.55. The first-order valence-corrected chi connectivity index (χ1v) is 6.79. The number of H-pyrrole nitrogens is 1. The van der Waals surface area contributed by atoms with E-state index in [2.05, 4.69) is 48.0 Å². The topological polar surface area (TPSA) is 25.0 Å². The molecule has 0 aliphatic carbocycles. The maximum Gasteiger partial charge on any atom is 0.119 e. The molecular formula is C18H17NO. The van der Waals surface area contributed by atoms with Gasteiger partial charge in [-0.1, -0.05) is 24.3 Å². The maximum atomic E-state index is 5.61. The molecule has 0 saturated carbocycles. The molecule has 100 valence electrons. The van der Waals surface area contributed by atoms with Gasteiger partial charge in [0.05, 0.1) is 6.61 Å². The van der Waals surface area contributed by atoms with Gasteiger partial charge >= 0.3 is 0 Å². The van der Waals surface area contributed by atoms with Crippen LogP contribution in [0.25, 0.3) is 22.2 Å². The molecule has 0 bridgehead atoms. The molecule has 0 unspecified atom stereocenters. The van der Waals surface area contributed by atoms with Crippen LogP contribution >= 0.6 is 0 Å². The van der Waals surface area contributed by atoms with Crippen molar-refractivity contribution < 1.29 is 4.74 Å². The fourth-order valence-corrected chi connectivity index (χ4v) is 2.22. The molecule has 2 nitrogen and oxygen atoms in total. The average Bonchev–Trinajstić information content (AvgIpc) is 2.92. The van der Waals surface area contributed by atoms with Gasteiger partial charge in [0.1, 0.15) is 5.75 Å². The zero-order valence-electron chi connectivity index (χ0n) is 11.3. The monoisotopic (exact) mass is 263 g/mol. The summed E-state index contributed by atoms with van der Waals surface area (Å²) in [5, 5.41) is 1.23. The van der Waals surface area contributed by atoms with Gasteiger partial charge in [-0.25, -0.2) is 0 Å². The van der Waals surface area contributed by atoms with E-state index in [0.717, 1.165) is 28.9 Å². The van der Waals surface area contributed by atoms with Crippen LogP contribution < -0.4 is 4.74 Å². The van der Waals surface area contributed by atoms with Crippen molar-refractivity contribution in [2.75, 3.05) is 6.61 Å². The van der Waals surface area contributed by atoms with Crippen molar-refractivity contribution in [1.29, 1.82) is 0 Å². The molecule has 0 atom stereocenters. The highest BCUT2D eigenvalue weighted by Crippen LogP contribution is 2.25. The van der Waals surface area contributed by atoms with E-state index in [-0.39, 0.29) is 0 Å². The van der Waals surface area contributed by atoms with Gasteiger partial charge in [-0.15, -0.1) is 6.58 Å². The standard InChI is InChI=1S/C18H17NO/c1-2-3-12-20-16-10-8-14(9-11-16)18-13-15-6-4-5-7-17(15)19-18/h2,4-11,13,19H,1,3,12H2. The third kappa shape index (κ3) is 2.59. The summed E-state index contributed by atoms with van der Waals surface area (Å²) in [5.41, 5.74) is 3.45. The maximum absolute atomic E-state index is 5.61. The predicted octanol–water partition coefficient (Wildman–Crippen LogP) is 4.79. The van der Waals surface area contributed by atoms with Gasteiger partial charge in [0.25, 0.3) is 0 Å². The van der Waals surface area contributed by atoms with Crippen LogP contribution in [0, 0.1) is 0 Å². The molecule has 0 amide bonds. The zero-order valence-corrected chi connectivity index (χ0v) is 11.3. The Morgan fingerprint density at radius 2 is 1.85 bits per heavy atom. The van der Waals surface area contributed by atoms with Crippen LogP contribution in [0.4, 0.5) is 0 Å². The molecule has 2 aromatic carbocycles. The highest BCUT2D eigenvalue weighted by atomic mass is 16.5. The molecule has 0 saturated heterocycles. The van der Waals surface area contributed by atoms with Crippen molar-refractivity contribution in [3.05, 3.63) is 67.3 Å². The molecule has 3 aromatic rings. The van der Waals surface area contributed by atoms with Gasteiger partial charge in [-0.05, 0) is 48.4 Å². The van der Waals surface area contributed by atoms with E-state index in [4.69, 9.17) is 4.74 Å². The number of hydrogen-bond donors (Lipinski definition) is 1. The van der Waals surface area contributed by atoms with Gasteiger partial charge in [-0.3, -0.25) is 0 Å². The van der Waals surface area contributed by atoms with E-state index in [1.165, 1.54) is 5.39 Å². The Bertz CT molecular complexity index is 677. The summed E-state index contributed by atoms with van der Waals surface area (Å²) in [4.78, 5) is 3.43. The van der Waals surface area contributed by atoms with Gasteiger partial charge in [0, 0.05) is 16.6 Å². The zero-order chi connectivity index (χ0) is 13.8. The molecule has 1 heterocycles. The molecule has 1 aromatic heterocycles. The number of benzene rings is 2.